The van der Waals surface area contributed by atoms with Crippen molar-refractivity contribution in [2.75, 3.05) is 13.2 Å². The van der Waals surface area contributed by atoms with Crippen LogP contribution in [0.1, 0.15) is 393 Å². The summed E-state index contributed by atoms with van der Waals surface area (Å²) in [6.07, 6.45) is 80.6. The monoisotopic (exact) mass is 1080 g/mol. The molecule has 0 saturated carbocycles. The van der Waals surface area contributed by atoms with Crippen molar-refractivity contribution in [2.24, 2.45) is 0 Å². The first-order valence-corrected chi connectivity index (χ1v) is 34.8. The van der Waals surface area contributed by atoms with Gasteiger partial charge in [0.2, 0.25) is 0 Å². The quantitative estimate of drug-likeness (QED) is 0.0261. The zero-order chi connectivity index (χ0) is 55.7. The van der Waals surface area contributed by atoms with Crippen LogP contribution in [0.5, 0.6) is 0 Å². The molecule has 0 heterocycles. The molecule has 0 saturated heterocycles. The molecule has 0 spiro atoms. The first kappa shape index (κ1) is 74.9. The van der Waals surface area contributed by atoms with Crippen LogP contribution in [0.15, 0.2) is 24.3 Å². The van der Waals surface area contributed by atoms with Crippen LogP contribution in [0.3, 0.4) is 0 Å². The molecule has 0 rings (SSSR count). The summed E-state index contributed by atoms with van der Waals surface area (Å²) in [4.78, 5) is 38.4. The largest absolute Gasteiger partial charge is 0.462 e. The Morgan fingerprint density at radius 1 is 0.260 bits per heavy atom. The maximum atomic E-state index is 12.9. The van der Waals surface area contributed by atoms with E-state index in [1.165, 1.54) is 289 Å². The number of hydrogen-bond donors (Lipinski definition) is 0. The van der Waals surface area contributed by atoms with Crippen molar-refractivity contribution in [1.29, 1.82) is 0 Å². The lowest BCUT2D eigenvalue weighted by molar-refractivity contribution is -0.167. The van der Waals surface area contributed by atoms with Crippen molar-refractivity contribution in [1.82, 2.24) is 0 Å². The molecule has 1 unspecified atom stereocenters. The van der Waals surface area contributed by atoms with Crippen LogP contribution in [0, 0.1) is 0 Å². The van der Waals surface area contributed by atoms with Gasteiger partial charge in [0.05, 0.1) is 0 Å². The second kappa shape index (κ2) is 66.4. The van der Waals surface area contributed by atoms with Crippen LogP contribution >= 0.6 is 0 Å². The van der Waals surface area contributed by atoms with Crippen LogP contribution < -0.4 is 0 Å². The van der Waals surface area contributed by atoms with Crippen LogP contribution in [0.2, 0.25) is 0 Å². The summed E-state index contributed by atoms with van der Waals surface area (Å²) >= 11 is 0. The minimum Gasteiger partial charge on any atom is -0.462 e. The number of esters is 3. The van der Waals surface area contributed by atoms with Gasteiger partial charge in [-0.3, -0.25) is 14.4 Å². The number of hydrogen-bond acceptors (Lipinski definition) is 6. The highest BCUT2D eigenvalue weighted by atomic mass is 16.6. The van der Waals surface area contributed by atoms with Gasteiger partial charge in [-0.25, -0.2) is 0 Å². The summed E-state index contributed by atoms with van der Waals surface area (Å²) in [6.45, 7) is 6.69. The zero-order valence-electron chi connectivity index (χ0n) is 52.3. The predicted octanol–water partition coefficient (Wildman–Crippen LogP) is 23.8. The Morgan fingerprint density at radius 3 is 0.740 bits per heavy atom. The fourth-order valence-electron chi connectivity index (χ4n) is 10.7. The van der Waals surface area contributed by atoms with E-state index in [0.717, 1.165) is 64.2 Å². The molecule has 1 atom stereocenters. The lowest BCUT2D eigenvalue weighted by Crippen LogP contribution is -2.30. The van der Waals surface area contributed by atoms with Gasteiger partial charge in [-0.15, -0.1) is 0 Å². The molecule has 0 aliphatic heterocycles. The molecule has 0 N–H and O–H groups in total. The normalized spacial score (nSPS) is 12.1. The van der Waals surface area contributed by atoms with Crippen molar-refractivity contribution in [3.05, 3.63) is 24.3 Å². The van der Waals surface area contributed by atoms with E-state index in [4.69, 9.17) is 14.2 Å². The second-order valence-corrected chi connectivity index (χ2v) is 23.8. The van der Waals surface area contributed by atoms with Gasteiger partial charge in [0, 0.05) is 19.3 Å². The van der Waals surface area contributed by atoms with E-state index >= 15 is 0 Å². The Balaban J connectivity index is 4.22. The minimum atomic E-state index is -0.770. The van der Waals surface area contributed by atoms with Crippen molar-refractivity contribution >= 4 is 17.9 Å². The average Bonchev–Trinajstić information content (AvgIpc) is 3.43. The number of allylic oxidation sites excluding steroid dienone is 4. The van der Waals surface area contributed by atoms with Gasteiger partial charge in [-0.1, -0.05) is 347 Å². The molecule has 6 nitrogen and oxygen atoms in total. The summed E-state index contributed by atoms with van der Waals surface area (Å²) < 4.78 is 17.0. The summed E-state index contributed by atoms with van der Waals surface area (Å²) in [5, 5.41) is 0. The molecule has 0 aliphatic carbocycles. The van der Waals surface area contributed by atoms with E-state index < -0.39 is 6.10 Å². The third kappa shape index (κ3) is 64.6. The lowest BCUT2D eigenvalue weighted by Gasteiger charge is -2.18. The molecule has 0 aromatic carbocycles. The van der Waals surface area contributed by atoms with E-state index in [9.17, 15) is 14.4 Å². The SMILES string of the molecule is CCCCC/C=C\C/C=C\CCCCCCCCCCCC(=O)OC(COC(=O)CCCCCCCCCCCCCCCC)COC(=O)CCCCCCCCCCCCCCCCCCCCCCCCCCCC. The summed E-state index contributed by atoms with van der Waals surface area (Å²) in [7, 11) is 0. The molecule has 0 aromatic heterocycles. The van der Waals surface area contributed by atoms with Crippen LogP contribution in [-0.2, 0) is 28.6 Å². The van der Waals surface area contributed by atoms with Gasteiger partial charge in [0.25, 0.3) is 0 Å². The van der Waals surface area contributed by atoms with Crippen molar-refractivity contribution in [3.63, 3.8) is 0 Å². The predicted molar refractivity (Wildman–Crippen MR) is 335 cm³/mol. The molecule has 77 heavy (non-hydrogen) atoms. The van der Waals surface area contributed by atoms with Gasteiger partial charge in [0.15, 0.2) is 6.10 Å². The molecule has 0 radical (unpaired) electrons. The van der Waals surface area contributed by atoms with Crippen LogP contribution in [-0.4, -0.2) is 37.2 Å². The highest BCUT2D eigenvalue weighted by molar-refractivity contribution is 5.71. The van der Waals surface area contributed by atoms with Crippen LogP contribution in [0.25, 0.3) is 0 Å². The molecule has 454 valence electrons. The van der Waals surface area contributed by atoms with Gasteiger partial charge >= 0.3 is 17.9 Å². The van der Waals surface area contributed by atoms with E-state index in [1.54, 1.807) is 0 Å². The third-order valence-electron chi connectivity index (χ3n) is 16.0. The average molecular weight is 1080 g/mol. The van der Waals surface area contributed by atoms with Gasteiger partial charge in [-0.05, 0) is 51.4 Å². The lowest BCUT2D eigenvalue weighted by atomic mass is 10.0. The summed E-state index contributed by atoms with van der Waals surface area (Å²) in [5.74, 6) is -0.839. The number of carbonyl (C=O) groups excluding carboxylic acids is 3. The number of rotatable bonds is 65. The fraction of sp³-hybridized carbons (Fsp3) is 0.901. The molecule has 0 aliphatic rings. The highest BCUT2D eigenvalue weighted by Crippen LogP contribution is 2.19. The third-order valence-corrected chi connectivity index (χ3v) is 16.0. The molecular weight excluding hydrogens is 949 g/mol. The van der Waals surface area contributed by atoms with Gasteiger partial charge < -0.3 is 14.2 Å². The van der Waals surface area contributed by atoms with Crippen molar-refractivity contribution in [2.45, 2.75) is 399 Å². The van der Waals surface area contributed by atoms with Gasteiger partial charge in [-0.2, -0.15) is 0 Å². The summed E-state index contributed by atoms with van der Waals surface area (Å²) in [6, 6.07) is 0. The summed E-state index contributed by atoms with van der Waals surface area (Å²) in [5.41, 5.74) is 0. The Bertz CT molecular complexity index is 1240. The standard InChI is InChI=1S/C71H134O6/c1-4-7-10-13-16-19-22-25-28-30-32-33-34-35-36-37-38-40-41-43-46-49-52-55-58-61-64-70(73)76-67-68(66-75-69(72)63-60-57-54-51-48-45-27-24-21-18-15-12-9-6-3)77-71(74)65-62-59-56-53-50-47-44-42-39-31-29-26-23-20-17-14-11-8-5-2/h17,20,26,29,68H,4-16,18-19,21-25,27-28,30-67H2,1-3H3/b20-17-,29-26-. The zero-order valence-corrected chi connectivity index (χ0v) is 52.3. The Hall–Kier alpha value is -2.11. The molecule has 0 amide bonds. The fourth-order valence-corrected chi connectivity index (χ4v) is 10.7. The molecule has 0 bridgehead atoms. The first-order chi connectivity index (χ1) is 38.0. The van der Waals surface area contributed by atoms with E-state index in [2.05, 4.69) is 45.1 Å². The highest BCUT2D eigenvalue weighted by Gasteiger charge is 2.19. The second-order valence-electron chi connectivity index (χ2n) is 23.8. The van der Waals surface area contributed by atoms with E-state index in [0.29, 0.717) is 19.3 Å². The number of carbonyl (C=O) groups is 3. The number of unbranched alkanes of at least 4 members (excludes halogenated alkanes) is 50. The molecular formula is C71H134O6. The Morgan fingerprint density at radius 2 is 0.468 bits per heavy atom. The maximum absolute atomic E-state index is 12.9. The Kier molecular flexibility index (Phi) is 64.6. The van der Waals surface area contributed by atoms with Gasteiger partial charge in [0.1, 0.15) is 13.2 Å². The van der Waals surface area contributed by atoms with Crippen molar-refractivity contribution in [3.8, 4) is 0 Å². The minimum absolute atomic E-state index is 0.0665. The maximum Gasteiger partial charge on any atom is 0.306 e. The first-order valence-electron chi connectivity index (χ1n) is 34.8. The molecule has 0 fully saturated rings. The molecule has 6 heteroatoms. The van der Waals surface area contributed by atoms with Crippen molar-refractivity contribution < 1.29 is 28.6 Å². The molecule has 0 aromatic rings. The smallest absolute Gasteiger partial charge is 0.306 e. The van der Waals surface area contributed by atoms with Crippen LogP contribution in [0.4, 0.5) is 0 Å². The van der Waals surface area contributed by atoms with E-state index in [-0.39, 0.29) is 31.1 Å². The number of ether oxygens (including phenoxy) is 3. The topological polar surface area (TPSA) is 78.9 Å². The Labute approximate surface area is 481 Å². The van der Waals surface area contributed by atoms with E-state index in [1.807, 2.05) is 0 Å².